The molecular formula is C38H35BN2. The summed E-state index contributed by atoms with van der Waals surface area (Å²) >= 11 is 0. The number of nitrogens with zero attached hydrogens (tertiary/aromatic N) is 2. The second kappa shape index (κ2) is 8.16. The molecule has 1 aromatic heterocycles. The molecule has 0 N–H and O–H groups in total. The molecule has 0 amide bonds. The minimum Gasteiger partial charge on any atom is -0.311 e. The van der Waals surface area contributed by atoms with Crippen LogP contribution < -0.4 is 21.3 Å². The summed E-state index contributed by atoms with van der Waals surface area (Å²) in [5.41, 5.74) is 14.7. The van der Waals surface area contributed by atoms with E-state index in [-0.39, 0.29) is 17.5 Å². The van der Waals surface area contributed by atoms with Gasteiger partial charge < -0.3 is 9.47 Å². The summed E-state index contributed by atoms with van der Waals surface area (Å²) in [6, 6.07) is 39.1. The van der Waals surface area contributed by atoms with E-state index in [4.69, 9.17) is 0 Å². The Morgan fingerprint density at radius 2 is 1.20 bits per heavy atom. The predicted octanol–water partition coefficient (Wildman–Crippen LogP) is 7.99. The molecule has 0 atom stereocenters. The zero-order chi connectivity index (χ0) is 28.3. The molecule has 6 aromatic rings. The van der Waals surface area contributed by atoms with Gasteiger partial charge in [-0.3, -0.25) is 0 Å². The summed E-state index contributed by atoms with van der Waals surface area (Å²) in [5, 5.41) is 2.65. The predicted molar refractivity (Wildman–Crippen MR) is 178 cm³/mol. The number of anilines is 3. The molecule has 0 unspecified atom stereocenters. The highest BCUT2D eigenvalue weighted by atomic mass is 15.2. The highest BCUT2D eigenvalue weighted by molar-refractivity contribution is 7.00. The first-order chi connectivity index (χ1) is 19.6. The number of hydrogen-bond donors (Lipinski definition) is 0. The first-order valence-electron chi connectivity index (χ1n) is 14.8. The quantitative estimate of drug-likeness (QED) is 0.195. The summed E-state index contributed by atoms with van der Waals surface area (Å²) in [4.78, 5) is 2.50. The molecule has 0 fully saturated rings. The topological polar surface area (TPSA) is 8.17 Å². The molecule has 5 aromatic carbocycles. The zero-order valence-electron chi connectivity index (χ0n) is 24.8. The fourth-order valence-electron chi connectivity index (χ4n) is 7.21. The van der Waals surface area contributed by atoms with E-state index in [0.717, 1.165) is 0 Å². The fourth-order valence-corrected chi connectivity index (χ4v) is 7.21. The molecule has 2 aliphatic heterocycles. The van der Waals surface area contributed by atoms with Crippen LogP contribution in [0.1, 0.15) is 52.7 Å². The van der Waals surface area contributed by atoms with Gasteiger partial charge >= 0.3 is 0 Å². The second-order valence-corrected chi connectivity index (χ2v) is 13.9. The van der Waals surface area contributed by atoms with E-state index < -0.39 is 0 Å². The third kappa shape index (κ3) is 3.38. The van der Waals surface area contributed by atoms with Crippen molar-refractivity contribution in [1.29, 1.82) is 0 Å². The molecule has 0 spiro atoms. The van der Waals surface area contributed by atoms with E-state index in [1.54, 1.807) is 0 Å². The lowest BCUT2D eigenvalue weighted by molar-refractivity contribution is 0.590. The Morgan fingerprint density at radius 1 is 0.537 bits per heavy atom. The van der Waals surface area contributed by atoms with Gasteiger partial charge in [-0.15, -0.1) is 0 Å². The Hall–Kier alpha value is -4.24. The van der Waals surface area contributed by atoms with Gasteiger partial charge in [-0.1, -0.05) is 108 Å². The van der Waals surface area contributed by atoms with Crippen LogP contribution in [-0.2, 0) is 10.8 Å². The first-order valence-corrected chi connectivity index (χ1v) is 14.8. The summed E-state index contributed by atoms with van der Waals surface area (Å²) in [7, 11) is 0. The van der Waals surface area contributed by atoms with Crippen LogP contribution in [0.5, 0.6) is 0 Å². The van der Waals surface area contributed by atoms with Crippen molar-refractivity contribution in [3.63, 3.8) is 0 Å². The van der Waals surface area contributed by atoms with Crippen molar-refractivity contribution in [2.75, 3.05) is 4.90 Å². The lowest BCUT2D eigenvalue weighted by Crippen LogP contribution is -2.60. The summed E-state index contributed by atoms with van der Waals surface area (Å²) in [6.45, 7) is 14.0. The Labute approximate surface area is 243 Å². The van der Waals surface area contributed by atoms with E-state index in [1.165, 1.54) is 72.1 Å². The van der Waals surface area contributed by atoms with E-state index in [0.29, 0.717) is 0 Å². The van der Waals surface area contributed by atoms with Crippen molar-refractivity contribution >= 4 is 62.0 Å². The maximum Gasteiger partial charge on any atom is 0.252 e. The molecule has 0 aliphatic carbocycles. The molecule has 2 aliphatic rings. The van der Waals surface area contributed by atoms with E-state index >= 15 is 0 Å². The van der Waals surface area contributed by atoms with Gasteiger partial charge in [0.05, 0.1) is 5.52 Å². The lowest BCUT2D eigenvalue weighted by atomic mass is 9.33. The second-order valence-electron chi connectivity index (χ2n) is 13.9. The van der Waals surface area contributed by atoms with Crippen LogP contribution in [0.2, 0.25) is 0 Å². The highest BCUT2D eigenvalue weighted by Gasteiger charge is 2.42. The fraction of sp³-hybridized carbons (Fsp3) is 0.211. The van der Waals surface area contributed by atoms with Crippen molar-refractivity contribution in [1.82, 2.24) is 4.57 Å². The Morgan fingerprint density at radius 3 is 1.95 bits per heavy atom. The lowest BCUT2D eigenvalue weighted by Gasteiger charge is -2.41. The van der Waals surface area contributed by atoms with Crippen LogP contribution in [-0.4, -0.2) is 11.3 Å². The van der Waals surface area contributed by atoms with Crippen molar-refractivity contribution in [2.24, 2.45) is 0 Å². The maximum absolute atomic E-state index is 2.52. The van der Waals surface area contributed by atoms with E-state index in [2.05, 4.69) is 154 Å². The highest BCUT2D eigenvalue weighted by Crippen LogP contribution is 2.42. The standard InChI is InChI=1S/C38H35BN2/c1-37(2,3)24-17-20-26(21-18-24)40-32-22-19-25(38(4,5)6)23-30(32)39-29-13-9-12-28-27-11-7-8-14-31(27)41(36(28)29)34-16-10-15-33(40)35(34)39/h7-23H,1-6H3. The average Bonchev–Trinajstić information content (AvgIpc) is 3.29. The number of hydrogen-bond acceptors (Lipinski definition) is 1. The number of para-hydroxylation sites is 2. The van der Waals surface area contributed by atoms with Gasteiger partial charge in [0, 0.05) is 39.0 Å². The molecule has 200 valence electrons. The molecule has 8 rings (SSSR count). The number of benzene rings is 5. The van der Waals surface area contributed by atoms with Gasteiger partial charge in [0.25, 0.3) is 6.71 Å². The molecule has 0 saturated heterocycles. The van der Waals surface area contributed by atoms with Crippen molar-refractivity contribution in [3.8, 4) is 5.69 Å². The van der Waals surface area contributed by atoms with Gasteiger partial charge in [-0.05, 0) is 74.7 Å². The van der Waals surface area contributed by atoms with Crippen molar-refractivity contribution in [3.05, 3.63) is 114 Å². The van der Waals surface area contributed by atoms with Gasteiger partial charge in [0.15, 0.2) is 0 Å². The van der Waals surface area contributed by atoms with Gasteiger partial charge in [-0.25, -0.2) is 0 Å². The maximum atomic E-state index is 2.52. The summed E-state index contributed by atoms with van der Waals surface area (Å²) in [5.74, 6) is 0. The minimum atomic E-state index is 0.0591. The van der Waals surface area contributed by atoms with Gasteiger partial charge in [0.1, 0.15) is 0 Å². The Bertz CT molecular complexity index is 2020. The Balaban J connectivity index is 1.49. The third-order valence-electron chi connectivity index (χ3n) is 9.30. The van der Waals surface area contributed by atoms with Crippen LogP contribution in [0.3, 0.4) is 0 Å². The van der Waals surface area contributed by atoms with Crippen molar-refractivity contribution < 1.29 is 0 Å². The molecule has 41 heavy (non-hydrogen) atoms. The van der Waals surface area contributed by atoms with Crippen LogP contribution >= 0.6 is 0 Å². The minimum absolute atomic E-state index is 0.0591. The summed E-state index contributed by atoms with van der Waals surface area (Å²) < 4.78 is 2.52. The SMILES string of the molecule is CC(C)(C)c1ccc(N2c3ccc(C(C)(C)C)cc3B3c4c2cccc4-n2c4ccccc4c4cccc3c42)cc1. The number of aromatic nitrogens is 1. The summed E-state index contributed by atoms with van der Waals surface area (Å²) in [6.07, 6.45) is 0. The van der Waals surface area contributed by atoms with E-state index in [9.17, 15) is 0 Å². The monoisotopic (exact) mass is 530 g/mol. The molecule has 3 heterocycles. The molecule has 2 nitrogen and oxygen atoms in total. The van der Waals surface area contributed by atoms with Crippen LogP contribution in [0.15, 0.2) is 103 Å². The van der Waals surface area contributed by atoms with Crippen LogP contribution in [0.25, 0.3) is 27.5 Å². The zero-order valence-corrected chi connectivity index (χ0v) is 24.8. The number of rotatable bonds is 1. The normalized spacial score (nSPS) is 14.0. The first kappa shape index (κ1) is 24.6. The molecule has 0 bridgehead atoms. The number of fused-ring (bicyclic) bond motifs is 7. The van der Waals surface area contributed by atoms with Gasteiger partial charge in [0.2, 0.25) is 0 Å². The smallest absolute Gasteiger partial charge is 0.252 e. The van der Waals surface area contributed by atoms with Gasteiger partial charge in [-0.2, -0.15) is 0 Å². The molecular weight excluding hydrogens is 495 g/mol. The van der Waals surface area contributed by atoms with E-state index in [1.807, 2.05) is 0 Å². The van der Waals surface area contributed by atoms with Crippen molar-refractivity contribution in [2.45, 2.75) is 52.4 Å². The largest absolute Gasteiger partial charge is 0.311 e. The molecule has 3 heteroatoms. The van der Waals surface area contributed by atoms with Crippen LogP contribution in [0, 0.1) is 0 Å². The molecule has 0 saturated carbocycles. The molecule has 0 radical (unpaired) electrons. The van der Waals surface area contributed by atoms with Crippen LogP contribution in [0.4, 0.5) is 17.1 Å². The third-order valence-corrected chi connectivity index (χ3v) is 9.30. The Kier molecular flexibility index (Phi) is 4.89. The average molecular weight is 531 g/mol.